The predicted molar refractivity (Wildman–Crippen MR) is 90.9 cm³/mol. The first-order valence-corrected chi connectivity index (χ1v) is 7.69. The lowest BCUT2D eigenvalue weighted by atomic mass is 10.1. The van der Waals surface area contributed by atoms with Gasteiger partial charge in [-0.2, -0.15) is 4.80 Å². The number of carbonyl (C=O) groups excluding carboxylic acids is 1. The van der Waals surface area contributed by atoms with Gasteiger partial charge in [0.05, 0.1) is 6.10 Å². The summed E-state index contributed by atoms with van der Waals surface area (Å²) in [6.45, 7) is 1.67. The average molecular weight is 373 g/mol. The van der Waals surface area contributed by atoms with Crippen molar-refractivity contribution in [3.63, 3.8) is 0 Å². The number of aliphatic hydroxyl groups is 1. The Balaban J connectivity index is 0.00000208. The maximum absolute atomic E-state index is 11.9. The van der Waals surface area contributed by atoms with Crippen molar-refractivity contribution in [3.05, 3.63) is 29.3 Å². The molecule has 1 saturated heterocycles. The normalized spacial score (nSPS) is 19.8. The van der Waals surface area contributed by atoms with Crippen molar-refractivity contribution in [2.24, 2.45) is 5.92 Å². The second kappa shape index (κ2) is 8.39. The third-order valence-electron chi connectivity index (χ3n) is 3.71. The number of hydrogen-bond donors (Lipinski definition) is 3. The van der Waals surface area contributed by atoms with Crippen LogP contribution in [0.25, 0.3) is 11.4 Å². The maximum atomic E-state index is 11.9. The summed E-state index contributed by atoms with van der Waals surface area (Å²) >= 11 is 5.84. The van der Waals surface area contributed by atoms with Crippen LogP contribution in [0.3, 0.4) is 0 Å². The number of amides is 1. The highest BCUT2D eigenvalue weighted by molar-refractivity contribution is 6.30. The van der Waals surface area contributed by atoms with Gasteiger partial charge in [0.15, 0.2) is 0 Å². The molecule has 0 radical (unpaired) electrons. The molecule has 24 heavy (non-hydrogen) atoms. The fourth-order valence-corrected chi connectivity index (χ4v) is 2.51. The van der Waals surface area contributed by atoms with E-state index in [9.17, 15) is 9.90 Å². The zero-order valence-corrected chi connectivity index (χ0v) is 14.3. The van der Waals surface area contributed by atoms with Crippen LogP contribution in [0.15, 0.2) is 24.3 Å². The molecule has 2 aromatic rings. The quantitative estimate of drug-likeness (QED) is 0.687. The number of carbonyl (C=O) groups is 1. The summed E-state index contributed by atoms with van der Waals surface area (Å²) in [4.78, 5) is 13.1. The third kappa shape index (κ3) is 4.64. The summed E-state index contributed by atoms with van der Waals surface area (Å²) in [5.41, 5.74) is 0.779. The lowest BCUT2D eigenvalue weighted by Gasteiger charge is -2.13. The molecule has 2 heterocycles. The molecule has 1 fully saturated rings. The molecule has 3 rings (SSSR count). The van der Waals surface area contributed by atoms with E-state index in [2.05, 4.69) is 26.0 Å². The highest BCUT2D eigenvalue weighted by Gasteiger charge is 2.25. The van der Waals surface area contributed by atoms with Gasteiger partial charge in [0, 0.05) is 36.1 Å². The summed E-state index contributed by atoms with van der Waals surface area (Å²) in [5.74, 6) is 0.251. The monoisotopic (exact) mass is 372 g/mol. The van der Waals surface area contributed by atoms with E-state index in [1.165, 1.54) is 4.80 Å². The average Bonchev–Trinajstić information content (AvgIpc) is 3.15. The van der Waals surface area contributed by atoms with Crippen LogP contribution in [0.2, 0.25) is 5.02 Å². The molecule has 0 saturated carbocycles. The van der Waals surface area contributed by atoms with Gasteiger partial charge in [0.1, 0.15) is 6.54 Å². The Morgan fingerprint density at radius 2 is 2.12 bits per heavy atom. The number of benzene rings is 1. The molecule has 1 aliphatic heterocycles. The van der Waals surface area contributed by atoms with Crippen molar-refractivity contribution in [2.45, 2.75) is 12.6 Å². The number of hydrogen-bond acceptors (Lipinski definition) is 6. The fraction of sp³-hybridized carbons (Fsp3) is 0.429. The summed E-state index contributed by atoms with van der Waals surface area (Å²) in [5, 5.41) is 28.1. The minimum atomic E-state index is -0.420. The van der Waals surface area contributed by atoms with Gasteiger partial charge in [0.2, 0.25) is 11.7 Å². The van der Waals surface area contributed by atoms with Crippen LogP contribution in [0.1, 0.15) is 0 Å². The van der Waals surface area contributed by atoms with Crippen LogP contribution in [0.5, 0.6) is 0 Å². The predicted octanol–water partition coefficient (Wildman–Crippen LogP) is 0.112. The van der Waals surface area contributed by atoms with E-state index in [0.29, 0.717) is 30.5 Å². The summed E-state index contributed by atoms with van der Waals surface area (Å²) < 4.78 is 0. The van der Waals surface area contributed by atoms with E-state index < -0.39 is 6.10 Å². The smallest absolute Gasteiger partial charge is 0.243 e. The van der Waals surface area contributed by atoms with Gasteiger partial charge in [-0.15, -0.1) is 22.6 Å². The van der Waals surface area contributed by atoms with Crippen molar-refractivity contribution >= 4 is 29.9 Å². The summed E-state index contributed by atoms with van der Waals surface area (Å²) in [6.07, 6.45) is -0.420. The molecule has 8 nitrogen and oxygen atoms in total. The molecule has 130 valence electrons. The van der Waals surface area contributed by atoms with Crippen LogP contribution in [-0.4, -0.2) is 57.0 Å². The molecular formula is C14H18Cl2N6O2. The molecule has 1 aliphatic rings. The van der Waals surface area contributed by atoms with Gasteiger partial charge >= 0.3 is 0 Å². The number of β-amino-alcohol motifs (C(OH)–C–C–N with tert-alkyl or cyclic N) is 1. The van der Waals surface area contributed by atoms with Gasteiger partial charge in [-0.1, -0.05) is 11.6 Å². The molecule has 0 aliphatic carbocycles. The topological polar surface area (TPSA) is 105 Å². The number of aromatic nitrogens is 4. The highest BCUT2D eigenvalue weighted by atomic mass is 35.5. The van der Waals surface area contributed by atoms with Crippen LogP contribution in [-0.2, 0) is 11.3 Å². The number of aliphatic hydroxyl groups excluding tert-OH is 1. The molecule has 1 aromatic heterocycles. The zero-order chi connectivity index (χ0) is 16.2. The van der Waals surface area contributed by atoms with Crippen LogP contribution < -0.4 is 10.6 Å². The Kier molecular flexibility index (Phi) is 6.50. The second-order valence-corrected chi connectivity index (χ2v) is 5.88. The van der Waals surface area contributed by atoms with E-state index >= 15 is 0 Å². The molecule has 1 aromatic carbocycles. The zero-order valence-electron chi connectivity index (χ0n) is 12.7. The minimum Gasteiger partial charge on any atom is -0.391 e. The fourth-order valence-electron chi connectivity index (χ4n) is 2.38. The van der Waals surface area contributed by atoms with Gasteiger partial charge in [-0.05, 0) is 29.5 Å². The van der Waals surface area contributed by atoms with Gasteiger partial charge in [-0.3, -0.25) is 4.79 Å². The number of tetrazole rings is 1. The van der Waals surface area contributed by atoms with Gasteiger partial charge in [-0.25, -0.2) is 0 Å². The van der Waals surface area contributed by atoms with E-state index in [0.717, 1.165) is 5.56 Å². The lowest BCUT2D eigenvalue weighted by Crippen LogP contribution is -2.36. The van der Waals surface area contributed by atoms with Crippen molar-refractivity contribution < 1.29 is 9.90 Å². The number of halogens is 2. The highest BCUT2D eigenvalue weighted by Crippen LogP contribution is 2.16. The standard InChI is InChI=1S/C14H17ClN6O2.ClH/c15-11-3-1-9(2-4-11)14-18-20-21(19-14)8-13(23)17-6-10-5-16-7-12(10)22;/h1-4,10,12,16,22H,5-8H2,(H,17,23);1H. The first-order chi connectivity index (χ1) is 11.1. The van der Waals surface area contributed by atoms with E-state index in [1.807, 2.05) is 0 Å². The van der Waals surface area contributed by atoms with Crippen LogP contribution in [0, 0.1) is 5.92 Å². The Hall–Kier alpha value is -1.74. The first-order valence-electron chi connectivity index (χ1n) is 7.31. The molecule has 2 unspecified atom stereocenters. The van der Waals surface area contributed by atoms with Crippen molar-refractivity contribution in [1.82, 2.24) is 30.8 Å². The summed E-state index contributed by atoms with van der Waals surface area (Å²) in [7, 11) is 0. The van der Waals surface area contributed by atoms with Crippen molar-refractivity contribution in [3.8, 4) is 11.4 Å². The molecule has 2 atom stereocenters. The Labute approximate surface area is 150 Å². The largest absolute Gasteiger partial charge is 0.391 e. The molecular weight excluding hydrogens is 355 g/mol. The molecule has 0 spiro atoms. The van der Waals surface area contributed by atoms with E-state index in [4.69, 9.17) is 11.6 Å². The van der Waals surface area contributed by atoms with E-state index in [-0.39, 0.29) is 30.8 Å². The number of nitrogens with one attached hydrogen (secondary N) is 2. The van der Waals surface area contributed by atoms with Crippen molar-refractivity contribution in [2.75, 3.05) is 19.6 Å². The SMILES string of the molecule is Cl.O=C(Cn1nnc(-c2ccc(Cl)cc2)n1)NCC1CNCC1O. The Bertz CT molecular complexity index is 678. The Morgan fingerprint density at radius 3 is 2.79 bits per heavy atom. The maximum Gasteiger partial charge on any atom is 0.243 e. The third-order valence-corrected chi connectivity index (χ3v) is 3.96. The van der Waals surface area contributed by atoms with Crippen LogP contribution in [0.4, 0.5) is 0 Å². The minimum absolute atomic E-state index is 0. The van der Waals surface area contributed by atoms with Gasteiger partial charge < -0.3 is 15.7 Å². The molecule has 1 amide bonds. The summed E-state index contributed by atoms with van der Waals surface area (Å²) in [6, 6.07) is 7.06. The lowest BCUT2D eigenvalue weighted by molar-refractivity contribution is -0.122. The van der Waals surface area contributed by atoms with E-state index in [1.54, 1.807) is 24.3 Å². The second-order valence-electron chi connectivity index (χ2n) is 5.44. The molecule has 0 bridgehead atoms. The molecule has 3 N–H and O–H groups in total. The Morgan fingerprint density at radius 1 is 1.38 bits per heavy atom. The van der Waals surface area contributed by atoms with Crippen molar-refractivity contribution in [1.29, 1.82) is 0 Å². The van der Waals surface area contributed by atoms with Crippen LogP contribution >= 0.6 is 24.0 Å². The number of rotatable bonds is 5. The number of nitrogens with zero attached hydrogens (tertiary/aromatic N) is 4. The van der Waals surface area contributed by atoms with Gasteiger partial charge in [0.25, 0.3) is 0 Å². The first kappa shape index (κ1) is 18.6. The molecule has 10 heteroatoms.